The Hall–Kier alpha value is -3.19. The molecule has 162 valence electrons. The summed E-state index contributed by atoms with van der Waals surface area (Å²) in [6, 6.07) is 17.4. The number of rotatable bonds is 7. The van der Waals surface area contributed by atoms with Gasteiger partial charge < -0.3 is 5.32 Å². The van der Waals surface area contributed by atoms with E-state index in [1.54, 1.807) is 24.3 Å². The van der Waals surface area contributed by atoms with Gasteiger partial charge in [-0.2, -0.15) is 0 Å². The number of carbonyl (C=O) groups excluding carboxylic acids is 1. The third-order valence-corrected chi connectivity index (χ3v) is 5.91. The highest BCUT2D eigenvalue weighted by Crippen LogP contribution is 2.18. The molecule has 1 saturated heterocycles. The van der Waals surface area contributed by atoms with Crippen LogP contribution in [-0.2, 0) is 17.9 Å². The topological polar surface area (TPSA) is 87.2 Å². The van der Waals surface area contributed by atoms with Crippen LogP contribution >= 0.6 is 0 Å². The number of nitrogens with zero attached hydrogens (tertiary/aromatic N) is 2. The lowest BCUT2D eigenvalue weighted by atomic mass is 9.97. The van der Waals surface area contributed by atoms with Crippen LogP contribution in [0.4, 0.5) is 0 Å². The summed E-state index contributed by atoms with van der Waals surface area (Å²) in [6.07, 6.45) is 2.43. The number of amides is 1. The lowest BCUT2D eigenvalue weighted by molar-refractivity contribution is -0.121. The van der Waals surface area contributed by atoms with E-state index in [0.29, 0.717) is 23.4 Å². The van der Waals surface area contributed by atoms with E-state index < -0.39 is 11.2 Å². The van der Waals surface area contributed by atoms with Gasteiger partial charge in [0.2, 0.25) is 5.91 Å². The van der Waals surface area contributed by atoms with Gasteiger partial charge in [-0.25, -0.2) is 4.79 Å². The second-order valence-electron chi connectivity index (χ2n) is 8.21. The maximum absolute atomic E-state index is 12.4. The minimum absolute atomic E-state index is 0.0811. The number of carbonyl (C=O) groups is 1. The molecule has 0 radical (unpaired) electrons. The van der Waals surface area contributed by atoms with Crippen LogP contribution in [0, 0.1) is 5.92 Å². The molecular weight excluding hydrogens is 392 g/mol. The van der Waals surface area contributed by atoms with Crippen LogP contribution < -0.4 is 16.6 Å². The molecule has 1 fully saturated rings. The quantitative estimate of drug-likeness (QED) is 0.613. The molecule has 4 rings (SSSR count). The fourth-order valence-electron chi connectivity index (χ4n) is 4.33. The fourth-order valence-corrected chi connectivity index (χ4v) is 4.33. The number of piperidine rings is 1. The van der Waals surface area contributed by atoms with Crippen LogP contribution in [0.1, 0.15) is 24.8 Å². The summed E-state index contributed by atoms with van der Waals surface area (Å²) < 4.78 is 1.46. The molecule has 2 heterocycles. The Bertz CT molecular complexity index is 1150. The number of fused-ring (bicyclic) bond motifs is 1. The van der Waals surface area contributed by atoms with E-state index >= 15 is 0 Å². The molecule has 1 aromatic heterocycles. The van der Waals surface area contributed by atoms with Gasteiger partial charge in [-0.05, 0) is 43.0 Å². The maximum Gasteiger partial charge on any atom is 0.328 e. The normalized spacial score (nSPS) is 17.0. The largest absolute Gasteiger partial charge is 0.356 e. The van der Waals surface area contributed by atoms with Crippen LogP contribution in [0.25, 0.3) is 10.9 Å². The molecule has 0 aliphatic carbocycles. The monoisotopic (exact) mass is 420 g/mol. The van der Waals surface area contributed by atoms with Crippen molar-refractivity contribution in [2.45, 2.75) is 32.4 Å². The maximum atomic E-state index is 12.4. The molecule has 2 N–H and O–H groups in total. The van der Waals surface area contributed by atoms with Crippen LogP contribution in [0.5, 0.6) is 0 Å². The van der Waals surface area contributed by atoms with Crippen molar-refractivity contribution in [2.24, 2.45) is 5.92 Å². The SMILES string of the molecule is O=C(CCn1c(=O)[nH]c(=O)c2ccccc21)NCC1CCCN(Cc2ccccc2)C1. The molecule has 1 amide bonds. The Labute approximate surface area is 180 Å². The molecule has 1 unspecified atom stereocenters. The van der Waals surface area contributed by atoms with E-state index in [4.69, 9.17) is 0 Å². The number of H-pyrrole nitrogens is 1. The van der Waals surface area contributed by atoms with E-state index in [9.17, 15) is 14.4 Å². The third-order valence-electron chi connectivity index (χ3n) is 5.91. The fraction of sp³-hybridized carbons (Fsp3) is 0.375. The van der Waals surface area contributed by atoms with Crippen molar-refractivity contribution in [3.8, 4) is 0 Å². The third kappa shape index (κ3) is 5.30. The van der Waals surface area contributed by atoms with Gasteiger partial charge in [0.15, 0.2) is 0 Å². The Kier molecular flexibility index (Phi) is 6.62. The first kappa shape index (κ1) is 21.1. The number of nitrogens with one attached hydrogen (secondary N) is 2. The van der Waals surface area contributed by atoms with Crippen molar-refractivity contribution in [3.05, 3.63) is 81.0 Å². The first-order valence-corrected chi connectivity index (χ1v) is 10.8. The Morgan fingerprint density at radius 3 is 2.68 bits per heavy atom. The molecule has 1 aliphatic heterocycles. The summed E-state index contributed by atoms with van der Waals surface area (Å²) in [6.45, 7) is 3.87. The first-order valence-electron chi connectivity index (χ1n) is 10.8. The smallest absolute Gasteiger partial charge is 0.328 e. The molecule has 0 saturated carbocycles. The molecule has 0 spiro atoms. The van der Waals surface area contributed by atoms with Crippen LogP contribution in [0.2, 0.25) is 0 Å². The zero-order chi connectivity index (χ0) is 21.6. The second kappa shape index (κ2) is 9.75. The lowest BCUT2D eigenvalue weighted by Gasteiger charge is -2.32. The molecule has 31 heavy (non-hydrogen) atoms. The van der Waals surface area contributed by atoms with E-state index in [1.165, 1.54) is 10.1 Å². The average molecular weight is 421 g/mol. The highest BCUT2D eigenvalue weighted by Gasteiger charge is 2.20. The first-order chi connectivity index (χ1) is 15.1. The lowest BCUT2D eigenvalue weighted by Crippen LogP contribution is -2.41. The number of aryl methyl sites for hydroxylation is 1. The number of para-hydroxylation sites is 1. The predicted octanol–water partition coefficient (Wildman–Crippen LogP) is 2.11. The molecular formula is C24H28N4O3. The number of hydrogen-bond acceptors (Lipinski definition) is 4. The Morgan fingerprint density at radius 1 is 1.06 bits per heavy atom. The summed E-state index contributed by atoms with van der Waals surface area (Å²) in [5.41, 5.74) is 0.970. The highest BCUT2D eigenvalue weighted by atomic mass is 16.2. The zero-order valence-electron chi connectivity index (χ0n) is 17.5. The predicted molar refractivity (Wildman–Crippen MR) is 121 cm³/mol. The van der Waals surface area contributed by atoms with E-state index in [0.717, 1.165) is 32.5 Å². The average Bonchev–Trinajstić information content (AvgIpc) is 2.78. The standard InChI is InChI=1S/C24H28N4O3/c29-22(12-14-28-21-11-5-4-10-20(21)23(30)26-24(28)31)25-15-19-9-6-13-27(17-19)16-18-7-2-1-3-8-18/h1-5,7-8,10-11,19H,6,9,12-17H2,(H,25,29)(H,26,30,31). The van der Waals surface area contributed by atoms with Crippen LogP contribution in [0.15, 0.2) is 64.2 Å². The molecule has 1 aliphatic rings. The summed E-state index contributed by atoms with van der Waals surface area (Å²) in [4.78, 5) is 41.4. The van der Waals surface area contributed by atoms with Gasteiger partial charge in [0, 0.05) is 32.6 Å². The summed E-state index contributed by atoms with van der Waals surface area (Å²) in [7, 11) is 0. The number of hydrogen-bond donors (Lipinski definition) is 2. The van der Waals surface area contributed by atoms with Gasteiger partial charge in [0.1, 0.15) is 0 Å². The van der Waals surface area contributed by atoms with Crippen molar-refractivity contribution in [1.82, 2.24) is 19.8 Å². The van der Waals surface area contributed by atoms with E-state index in [2.05, 4.69) is 39.5 Å². The molecule has 2 aromatic carbocycles. The summed E-state index contributed by atoms with van der Waals surface area (Å²) in [5.74, 6) is 0.348. The molecule has 1 atom stereocenters. The highest BCUT2D eigenvalue weighted by molar-refractivity contribution is 5.78. The Balaban J connectivity index is 1.29. The second-order valence-corrected chi connectivity index (χ2v) is 8.21. The van der Waals surface area contributed by atoms with Crippen LogP contribution in [-0.4, -0.2) is 40.0 Å². The molecule has 7 heteroatoms. The van der Waals surface area contributed by atoms with Crippen molar-refractivity contribution >= 4 is 16.8 Å². The molecule has 7 nitrogen and oxygen atoms in total. The van der Waals surface area contributed by atoms with Gasteiger partial charge in [-0.3, -0.25) is 24.0 Å². The summed E-state index contributed by atoms with van der Waals surface area (Å²) in [5, 5.41) is 3.48. The van der Waals surface area contributed by atoms with Crippen LogP contribution in [0.3, 0.4) is 0 Å². The summed E-state index contributed by atoms with van der Waals surface area (Å²) >= 11 is 0. The van der Waals surface area contributed by atoms with Gasteiger partial charge in [0.25, 0.3) is 5.56 Å². The van der Waals surface area contributed by atoms with Crippen molar-refractivity contribution < 1.29 is 4.79 Å². The number of aromatic amines is 1. The number of aromatic nitrogens is 2. The van der Waals surface area contributed by atoms with E-state index in [-0.39, 0.29) is 18.9 Å². The van der Waals surface area contributed by atoms with Crippen molar-refractivity contribution in [1.29, 1.82) is 0 Å². The minimum atomic E-state index is -0.486. The molecule has 0 bridgehead atoms. The van der Waals surface area contributed by atoms with Gasteiger partial charge in [-0.15, -0.1) is 0 Å². The van der Waals surface area contributed by atoms with Gasteiger partial charge >= 0.3 is 5.69 Å². The minimum Gasteiger partial charge on any atom is -0.356 e. The van der Waals surface area contributed by atoms with E-state index in [1.807, 2.05) is 6.07 Å². The zero-order valence-corrected chi connectivity index (χ0v) is 17.5. The Morgan fingerprint density at radius 2 is 1.84 bits per heavy atom. The molecule has 3 aromatic rings. The van der Waals surface area contributed by atoms with Crippen molar-refractivity contribution in [2.75, 3.05) is 19.6 Å². The number of likely N-dealkylation sites (tertiary alicyclic amines) is 1. The van der Waals surface area contributed by atoms with Gasteiger partial charge in [-0.1, -0.05) is 42.5 Å². The van der Waals surface area contributed by atoms with Crippen molar-refractivity contribution in [3.63, 3.8) is 0 Å². The number of benzene rings is 2. The van der Waals surface area contributed by atoms with Gasteiger partial charge in [0.05, 0.1) is 10.9 Å².